The lowest BCUT2D eigenvalue weighted by atomic mass is 9.90. The van der Waals surface area contributed by atoms with E-state index in [1.807, 2.05) is 6.07 Å². The number of aryl methyl sites for hydroxylation is 2. The Morgan fingerprint density at radius 3 is 2.82 bits per heavy atom. The van der Waals surface area contributed by atoms with E-state index in [-0.39, 0.29) is 12.3 Å². The number of benzene rings is 1. The number of fused-ring (bicyclic) bond motifs is 1. The summed E-state index contributed by atoms with van der Waals surface area (Å²) in [6, 6.07) is 8.26. The molecule has 0 spiro atoms. The van der Waals surface area contributed by atoms with Gasteiger partial charge in [0.25, 0.3) is 0 Å². The van der Waals surface area contributed by atoms with Crippen molar-refractivity contribution in [3.8, 4) is 6.07 Å². The predicted octanol–water partition coefficient (Wildman–Crippen LogP) is 2.10. The van der Waals surface area contributed by atoms with Gasteiger partial charge in [-0.15, -0.1) is 0 Å². The third kappa shape index (κ3) is 3.07. The molecule has 0 radical (unpaired) electrons. The summed E-state index contributed by atoms with van der Waals surface area (Å²) >= 11 is 0. The monoisotopic (exact) mass is 228 g/mol. The first-order chi connectivity index (χ1) is 8.29. The zero-order valence-corrected chi connectivity index (χ0v) is 9.83. The molecule has 0 unspecified atom stereocenters. The maximum Gasteiger partial charge on any atom is 0.234 e. The van der Waals surface area contributed by atoms with E-state index >= 15 is 0 Å². The maximum atomic E-state index is 11.2. The molecule has 0 saturated heterocycles. The van der Waals surface area contributed by atoms with E-state index in [0.717, 1.165) is 12.0 Å². The number of amides is 1. The molecule has 1 aliphatic carbocycles. The molecule has 17 heavy (non-hydrogen) atoms. The van der Waals surface area contributed by atoms with E-state index in [4.69, 9.17) is 5.26 Å². The molecule has 1 aromatic rings. The molecular weight excluding hydrogens is 212 g/mol. The van der Waals surface area contributed by atoms with Gasteiger partial charge in [-0.1, -0.05) is 18.2 Å². The molecule has 0 saturated carbocycles. The van der Waals surface area contributed by atoms with Crippen LogP contribution in [-0.4, -0.2) is 5.91 Å². The van der Waals surface area contributed by atoms with E-state index in [9.17, 15) is 4.79 Å². The second-order valence-corrected chi connectivity index (χ2v) is 4.42. The van der Waals surface area contributed by atoms with Crippen LogP contribution >= 0.6 is 0 Å². The Hall–Kier alpha value is -1.82. The molecule has 0 fully saturated rings. The summed E-state index contributed by atoms with van der Waals surface area (Å²) in [4.78, 5) is 11.2. The van der Waals surface area contributed by atoms with Gasteiger partial charge < -0.3 is 5.32 Å². The lowest BCUT2D eigenvalue weighted by Crippen LogP contribution is -2.22. The number of nitriles is 1. The van der Waals surface area contributed by atoms with Crippen LogP contribution in [0.25, 0.3) is 0 Å². The summed E-state index contributed by atoms with van der Waals surface area (Å²) in [5.41, 5.74) is 3.99. The van der Waals surface area contributed by atoms with Gasteiger partial charge in [0, 0.05) is 6.54 Å². The van der Waals surface area contributed by atoms with Crippen molar-refractivity contribution in [2.24, 2.45) is 0 Å². The van der Waals surface area contributed by atoms with E-state index < -0.39 is 0 Å². The Balaban J connectivity index is 1.98. The number of carbonyl (C=O) groups is 1. The van der Waals surface area contributed by atoms with E-state index in [1.165, 1.54) is 30.4 Å². The van der Waals surface area contributed by atoms with Gasteiger partial charge in [0.05, 0.1) is 6.07 Å². The average Bonchev–Trinajstić information content (AvgIpc) is 2.36. The lowest BCUT2D eigenvalue weighted by Gasteiger charge is -2.16. The minimum absolute atomic E-state index is 0.0645. The first-order valence-electron chi connectivity index (χ1n) is 6.04. The summed E-state index contributed by atoms with van der Waals surface area (Å²) in [5, 5.41) is 11.1. The van der Waals surface area contributed by atoms with Crippen molar-refractivity contribution in [3.63, 3.8) is 0 Å². The van der Waals surface area contributed by atoms with Crippen LogP contribution in [0.2, 0.25) is 0 Å². The molecule has 0 atom stereocenters. The number of nitrogens with one attached hydrogen (secondary N) is 1. The van der Waals surface area contributed by atoms with Crippen molar-refractivity contribution in [1.82, 2.24) is 5.32 Å². The van der Waals surface area contributed by atoms with Crippen molar-refractivity contribution in [1.29, 1.82) is 5.26 Å². The van der Waals surface area contributed by atoms with Gasteiger partial charge in [-0.25, -0.2) is 0 Å². The third-order valence-corrected chi connectivity index (χ3v) is 3.14. The van der Waals surface area contributed by atoms with Crippen molar-refractivity contribution in [3.05, 3.63) is 34.9 Å². The summed E-state index contributed by atoms with van der Waals surface area (Å²) in [6.45, 7) is 0.522. The van der Waals surface area contributed by atoms with Crippen LogP contribution in [0.3, 0.4) is 0 Å². The first kappa shape index (κ1) is 11.7. The Morgan fingerprint density at radius 1 is 1.29 bits per heavy atom. The quantitative estimate of drug-likeness (QED) is 0.861. The van der Waals surface area contributed by atoms with Crippen molar-refractivity contribution in [2.75, 3.05) is 0 Å². The fourth-order valence-electron chi connectivity index (χ4n) is 2.23. The largest absolute Gasteiger partial charge is 0.351 e. The van der Waals surface area contributed by atoms with Gasteiger partial charge in [0.1, 0.15) is 6.42 Å². The highest BCUT2D eigenvalue weighted by atomic mass is 16.1. The minimum atomic E-state index is -0.203. The van der Waals surface area contributed by atoms with Gasteiger partial charge in [0.2, 0.25) is 5.91 Å². The van der Waals surface area contributed by atoms with Crippen LogP contribution in [0.4, 0.5) is 0 Å². The summed E-state index contributed by atoms with van der Waals surface area (Å²) in [7, 11) is 0. The average molecular weight is 228 g/mol. The highest BCUT2D eigenvalue weighted by molar-refractivity contribution is 5.77. The first-order valence-corrected chi connectivity index (χ1v) is 6.04. The molecule has 3 nitrogen and oxygen atoms in total. The molecule has 1 N–H and O–H groups in total. The Bertz CT molecular complexity index is 460. The van der Waals surface area contributed by atoms with Crippen LogP contribution in [0, 0.1) is 11.3 Å². The predicted molar refractivity (Wildman–Crippen MR) is 65.2 cm³/mol. The van der Waals surface area contributed by atoms with Crippen LogP contribution in [0.1, 0.15) is 36.0 Å². The lowest BCUT2D eigenvalue weighted by molar-refractivity contribution is -0.120. The zero-order valence-electron chi connectivity index (χ0n) is 9.83. The SMILES string of the molecule is N#CCC(=O)NCc1ccc2c(c1)CCCC2. The zero-order chi connectivity index (χ0) is 12.1. The van der Waals surface area contributed by atoms with E-state index in [2.05, 4.69) is 23.5 Å². The number of hydrogen-bond donors (Lipinski definition) is 1. The molecule has 1 amide bonds. The molecule has 0 heterocycles. The molecule has 0 aliphatic heterocycles. The fraction of sp³-hybridized carbons (Fsp3) is 0.429. The van der Waals surface area contributed by atoms with E-state index in [1.54, 1.807) is 0 Å². The Kier molecular flexibility index (Phi) is 3.77. The van der Waals surface area contributed by atoms with Gasteiger partial charge in [0.15, 0.2) is 0 Å². The standard InChI is InChI=1S/C14H16N2O/c15-8-7-14(17)16-10-11-5-6-12-3-1-2-4-13(12)9-11/h5-6,9H,1-4,7,10H2,(H,16,17). The Labute approximate surface area is 101 Å². The van der Waals surface area contributed by atoms with Gasteiger partial charge in [-0.2, -0.15) is 5.26 Å². The molecular formula is C14H16N2O. The van der Waals surface area contributed by atoms with Gasteiger partial charge in [-0.05, 0) is 42.4 Å². The topological polar surface area (TPSA) is 52.9 Å². The van der Waals surface area contributed by atoms with Crippen LogP contribution in [-0.2, 0) is 24.2 Å². The highest BCUT2D eigenvalue weighted by Crippen LogP contribution is 2.22. The van der Waals surface area contributed by atoms with Crippen LogP contribution < -0.4 is 5.32 Å². The summed E-state index contributed by atoms with van der Waals surface area (Å²) in [5.74, 6) is -0.203. The third-order valence-electron chi connectivity index (χ3n) is 3.14. The van der Waals surface area contributed by atoms with Gasteiger partial charge in [-0.3, -0.25) is 4.79 Å². The second kappa shape index (κ2) is 5.49. The highest BCUT2D eigenvalue weighted by Gasteiger charge is 2.09. The van der Waals surface area contributed by atoms with Crippen LogP contribution in [0.15, 0.2) is 18.2 Å². The smallest absolute Gasteiger partial charge is 0.234 e. The normalized spacial score (nSPS) is 13.6. The Morgan fingerprint density at radius 2 is 2.06 bits per heavy atom. The van der Waals surface area contributed by atoms with Crippen molar-refractivity contribution < 1.29 is 4.79 Å². The molecule has 3 heteroatoms. The second-order valence-electron chi connectivity index (χ2n) is 4.42. The summed E-state index contributed by atoms with van der Waals surface area (Å²) in [6.07, 6.45) is 4.80. The van der Waals surface area contributed by atoms with Gasteiger partial charge >= 0.3 is 0 Å². The number of hydrogen-bond acceptors (Lipinski definition) is 2. The number of nitrogens with zero attached hydrogens (tertiary/aromatic N) is 1. The van der Waals surface area contributed by atoms with Crippen molar-refractivity contribution in [2.45, 2.75) is 38.6 Å². The number of carbonyl (C=O) groups excluding carboxylic acids is 1. The molecule has 1 aromatic carbocycles. The maximum absolute atomic E-state index is 11.2. The molecule has 2 rings (SSSR count). The van der Waals surface area contributed by atoms with Crippen LogP contribution in [0.5, 0.6) is 0 Å². The molecule has 0 bridgehead atoms. The van der Waals surface area contributed by atoms with Crippen molar-refractivity contribution >= 4 is 5.91 Å². The summed E-state index contributed by atoms with van der Waals surface area (Å²) < 4.78 is 0. The number of rotatable bonds is 3. The fourth-order valence-corrected chi connectivity index (χ4v) is 2.23. The molecule has 88 valence electrons. The van der Waals surface area contributed by atoms with E-state index in [0.29, 0.717) is 6.54 Å². The molecule has 0 aromatic heterocycles. The molecule has 1 aliphatic rings. The minimum Gasteiger partial charge on any atom is -0.351 e.